The van der Waals surface area contributed by atoms with Crippen molar-refractivity contribution in [2.24, 2.45) is 0 Å². The SMILES string of the molecule is CCCC1(C(=O)NCC(CC)(CC)SC)CCCN1. The summed E-state index contributed by atoms with van der Waals surface area (Å²) in [6.07, 6.45) is 8.44. The Bertz CT molecular complexity index is 276. The summed E-state index contributed by atoms with van der Waals surface area (Å²) in [4.78, 5) is 12.6. The van der Waals surface area contributed by atoms with Crippen LogP contribution in [0.15, 0.2) is 0 Å². The summed E-state index contributed by atoms with van der Waals surface area (Å²) in [6.45, 7) is 8.33. The standard InChI is InChI=1S/C15H30N2OS/c1-5-9-15(10-8-11-17-15)13(18)16-12-14(6-2,7-3)19-4/h17H,5-12H2,1-4H3,(H,16,18). The first-order valence-electron chi connectivity index (χ1n) is 7.66. The quantitative estimate of drug-likeness (QED) is 0.721. The van der Waals surface area contributed by atoms with Gasteiger partial charge in [0.2, 0.25) is 5.91 Å². The zero-order chi connectivity index (χ0) is 14.4. The molecule has 0 saturated carbocycles. The van der Waals surface area contributed by atoms with Crippen LogP contribution in [0.1, 0.15) is 59.3 Å². The van der Waals surface area contributed by atoms with Crippen LogP contribution in [-0.4, -0.2) is 35.5 Å². The van der Waals surface area contributed by atoms with E-state index in [9.17, 15) is 4.79 Å². The van der Waals surface area contributed by atoms with Crippen molar-refractivity contribution in [1.82, 2.24) is 10.6 Å². The van der Waals surface area contributed by atoms with Gasteiger partial charge >= 0.3 is 0 Å². The average molecular weight is 286 g/mol. The van der Waals surface area contributed by atoms with E-state index in [2.05, 4.69) is 37.7 Å². The predicted molar refractivity (Wildman–Crippen MR) is 84.7 cm³/mol. The molecule has 0 aromatic carbocycles. The van der Waals surface area contributed by atoms with Crippen molar-refractivity contribution in [2.45, 2.75) is 69.6 Å². The van der Waals surface area contributed by atoms with E-state index in [0.717, 1.165) is 51.6 Å². The molecule has 1 aliphatic heterocycles. The Labute approximate surface area is 122 Å². The molecule has 0 aromatic heterocycles. The highest BCUT2D eigenvalue weighted by Gasteiger charge is 2.40. The zero-order valence-electron chi connectivity index (χ0n) is 13.0. The van der Waals surface area contributed by atoms with Gasteiger partial charge in [0.05, 0.1) is 5.54 Å². The van der Waals surface area contributed by atoms with Gasteiger partial charge in [0.15, 0.2) is 0 Å². The van der Waals surface area contributed by atoms with Gasteiger partial charge < -0.3 is 10.6 Å². The molecule has 1 amide bonds. The first kappa shape index (κ1) is 16.8. The third kappa shape index (κ3) is 3.88. The summed E-state index contributed by atoms with van der Waals surface area (Å²) in [6, 6.07) is 0. The third-order valence-electron chi connectivity index (χ3n) is 4.65. The Morgan fingerprint density at radius 3 is 2.47 bits per heavy atom. The van der Waals surface area contributed by atoms with Crippen molar-refractivity contribution < 1.29 is 4.79 Å². The van der Waals surface area contributed by atoms with Gasteiger partial charge in [0, 0.05) is 11.3 Å². The topological polar surface area (TPSA) is 41.1 Å². The Hall–Kier alpha value is -0.220. The molecule has 1 atom stereocenters. The zero-order valence-corrected chi connectivity index (χ0v) is 13.8. The van der Waals surface area contributed by atoms with Crippen molar-refractivity contribution in [3.05, 3.63) is 0 Å². The highest BCUT2D eigenvalue weighted by molar-refractivity contribution is 8.00. The summed E-state index contributed by atoms with van der Waals surface area (Å²) >= 11 is 1.88. The molecule has 0 aliphatic carbocycles. The molecule has 1 heterocycles. The van der Waals surface area contributed by atoms with Crippen LogP contribution in [0.2, 0.25) is 0 Å². The Morgan fingerprint density at radius 1 is 1.37 bits per heavy atom. The molecule has 0 spiro atoms. The van der Waals surface area contributed by atoms with E-state index in [-0.39, 0.29) is 16.2 Å². The highest BCUT2D eigenvalue weighted by atomic mass is 32.2. The normalized spacial score (nSPS) is 23.6. The van der Waals surface area contributed by atoms with Crippen molar-refractivity contribution in [1.29, 1.82) is 0 Å². The lowest BCUT2D eigenvalue weighted by Gasteiger charge is -2.33. The minimum Gasteiger partial charge on any atom is -0.353 e. The number of carbonyl (C=O) groups is 1. The lowest BCUT2D eigenvalue weighted by molar-refractivity contribution is -0.127. The second-order valence-electron chi connectivity index (χ2n) is 5.64. The summed E-state index contributed by atoms with van der Waals surface area (Å²) in [5, 5.41) is 6.66. The summed E-state index contributed by atoms with van der Waals surface area (Å²) < 4.78 is 0.196. The molecular formula is C15H30N2OS. The van der Waals surface area contributed by atoms with Crippen LogP contribution in [0.25, 0.3) is 0 Å². The van der Waals surface area contributed by atoms with Crippen LogP contribution in [-0.2, 0) is 4.79 Å². The number of rotatable bonds is 8. The number of carbonyl (C=O) groups excluding carboxylic acids is 1. The van der Waals surface area contributed by atoms with Gasteiger partial charge in [0.1, 0.15) is 0 Å². The monoisotopic (exact) mass is 286 g/mol. The molecule has 1 aliphatic rings. The van der Waals surface area contributed by atoms with Crippen molar-refractivity contribution in [3.63, 3.8) is 0 Å². The van der Waals surface area contributed by atoms with E-state index >= 15 is 0 Å². The fraction of sp³-hybridized carbons (Fsp3) is 0.933. The maximum atomic E-state index is 12.6. The second-order valence-corrected chi connectivity index (χ2v) is 6.91. The molecule has 1 rings (SSSR count). The van der Waals surface area contributed by atoms with Crippen molar-refractivity contribution in [2.75, 3.05) is 19.3 Å². The Kier molecular flexibility index (Phi) is 6.67. The first-order chi connectivity index (χ1) is 9.08. The molecule has 0 aromatic rings. The molecular weight excluding hydrogens is 256 g/mol. The number of nitrogens with one attached hydrogen (secondary N) is 2. The molecule has 4 heteroatoms. The van der Waals surface area contributed by atoms with E-state index < -0.39 is 0 Å². The molecule has 112 valence electrons. The Balaban J connectivity index is 2.62. The second kappa shape index (κ2) is 7.53. The van der Waals surface area contributed by atoms with Crippen LogP contribution >= 0.6 is 11.8 Å². The van der Waals surface area contributed by atoms with Crippen LogP contribution in [0.3, 0.4) is 0 Å². The minimum atomic E-state index is -0.291. The van der Waals surface area contributed by atoms with Crippen molar-refractivity contribution in [3.8, 4) is 0 Å². The Morgan fingerprint density at radius 2 is 2.05 bits per heavy atom. The molecule has 3 nitrogen and oxygen atoms in total. The summed E-state index contributed by atoms with van der Waals surface area (Å²) in [5.74, 6) is 0.215. The number of hydrogen-bond acceptors (Lipinski definition) is 3. The minimum absolute atomic E-state index is 0.196. The molecule has 2 N–H and O–H groups in total. The van der Waals surface area contributed by atoms with Gasteiger partial charge in [-0.15, -0.1) is 0 Å². The smallest absolute Gasteiger partial charge is 0.240 e. The van der Waals surface area contributed by atoms with Gasteiger partial charge in [-0.25, -0.2) is 0 Å². The fourth-order valence-corrected chi connectivity index (χ4v) is 3.82. The van der Waals surface area contributed by atoms with Crippen LogP contribution in [0.4, 0.5) is 0 Å². The number of hydrogen-bond donors (Lipinski definition) is 2. The first-order valence-corrected chi connectivity index (χ1v) is 8.89. The van der Waals surface area contributed by atoms with E-state index in [0.29, 0.717) is 0 Å². The number of amides is 1. The van der Waals surface area contributed by atoms with Crippen LogP contribution in [0.5, 0.6) is 0 Å². The van der Waals surface area contributed by atoms with E-state index in [1.807, 2.05) is 11.8 Å². The third-order valence-corrected chi connectivity index (χ3v) is 6.24. The van der Waals surface area contributed by atoms with E-state index in [1.54, 1.807) is 0 Å². The van der Waals surface area contributed by atoms with Crippen LogP contribution < -0.4 is 10.6 Å². The lowest BCUT2D eigenvalue weighted by atomic mass is 9.90. The van der Waals surface area contributed by atoms with Gasteiger partial charge in [0.25, 0.3) is 0 Å². The van der Waals surface area contributed by atoms with Gasteiger partial charge in [-0.2, -0.15) is 11.8 Å². The highest BCUT2D eigenvalue weighted by Crippen LogP contribution is 2.30. The predicted octanol–water partition coefficient (Wildman–Crippen LogP) is 2.95. The largest absolute Gasteiger partial charge is 0.353 e. The van der Waals surface area contributed by atoms with Gasteiger partial charge in [-0.05, 0) is 44.9 Å². The number of thioether (sulfide) groups is 1. The van der Waals surface area contributed by atoms with E-state index in [1.165, 1.54) is 0 Å². The maximum Gasteiger partial charge on any atom is 0.240 e. The molecule has 19 heavy (non-hydrogen) atoms. The summed E-state index contributed by atoms with van der Waals surface area (Å²) in [7, 11) is 0. The molecule has 0 radical (unpaired) electrons. The molecule has 1 unspecified atom stereocenters. The molecule has 1 saturated heterocycles. The molecule has 1 fully saturated rings. The van der Waals surface area contributed by atoms with Gasteiger partial charge in [-0.1, -0.05) is 27.2 Å². The fourth-order valence-electron chi connectivity index (χ4n) is 3.03. The lowest BCUT2D eigenvalue weighted by Crippen LogP contribution is -2.55. The average Bonchev–Trinajstić information content (AvgIpc) is 2.91. The maximum absolute atomic E-state index is 12.6. The van der Waals surface area contributed by atoms with Crippen LogP contribution in [0, 0.1) is 0 Å². The van der Waals surface area contributed by atoms with Crippen molar-refractivity contribution >= 4 is 17.7 Å². The summed E-state index contributed by atoms with van der Waals surface area (Å²) in [5.41, 5.74) is -0.291. The van der Waals surface area contributed by atoms with E-state index in [4.69, 9.17) is 0 Å². The van der Waals surface area contributed by atoms with Gasteiger partial charge in [-0.3, -0.25) is 4.79 Å². The molecule has 0 bridgehead atoms.